The van der Waals surface area contributed by atoms with Crippen LogP contribution in [-0.2, 0) is 36.9 Å². The summed E-state index contributed by atoms with van der Waals surface area (Å²) < 4.78 is 16.1. The van der Waals surface area contributed by atoms with E-state index in [9.17, 15) is 19.2 Å². The highest BCUT2D eigenvalue weighted by Gasteiger charge is 2.34. The molecule has 0 fully saturated rings. The number of ketones is 1. The summed E-state index contributed by atoms with van der Waals surface area (Å²) in [5, 5.41) is 2.70. The number of Topliss-reactive ketones (excluding diaryl/α,β-unsaturated/α-hetero) is 1. The van der Waals surface area contributed by atoms with Crippen LogP contribution < -0.4 is 10.1 Å². The molecule has 9 nitrogen and oxygen atoms in total. The molecule has 2 aromatic rings. The molecule has 0 aromatic heterocycles. The summed E-state index contributed by atoms with van der Waals surface area (Å²) in [5.74, 6) is -1.73. The van der Waals surface area contributed by atoms with Crippen LogP contribution in [0.1, 0.15) is 59.1 Å². The molecule has 1 aliphatic heterocycles. The highest BCUT2D eigenvalue weighted by atomic mass is 16.6. The molecule has 212 valence electrons. The molecule has 2 aromatic carbocycles. The third-order valence-electron chi connectivity index (χ3n) is 5.88. The van der Waals surface area contributed by atoms with E-state index in [1.165, 1.54) is 0 Å². The van der Waals surface area contributed by atoms with E-state index in [1.807, 2.05) is 42.5 Å². The second kappa shape index (κ2) is 12.7. The van der Waals surface area contributed by atoms with Crippen LogP contribution in [0.5, 0.6) is 5.75 Å². The van der Waals surface area contributed by atoms with Gasteiger partial charge in [0.15, 0.2) is 0 Å². The summed E-state index contributed by atoms with van der Waals surface area (Å²) in [4.78, 5) is 53.9. The van der Waals surface area contributed by atoms with Gasteiger partial charge in [0.2, 0.25) is 11.7 Å². The molecule has 1 unspecified atom stereocenters. The first-order valence-electron chi connectivity index (χ1n) is 13.0. The minimum atomic E-state index is -1.05. The van der Waals surface area contributed by atoms with Crippen molar-refractivity contribution in [1.29, 1.82) is 0 Å². The Morgan fingerprint density at radius 3 is 2.10 bits per heavy atom. The molecule has 1 amide bonds. The lowest BCUT2D eigenvalue weighted by Gasteiger charge is -2.24. The fourth-order valence-corrected chi connectivity index (χ4v) is 3.53. The number of nitrogens with one attached hydrogen (secondary N) is 1. The second-order valence-electron chi connectivity index (χ2n) is 11.6. The van der Waals surface area contributed by atoms with Crippen molar-refractivity contribution in [2.75, 3.05) is 0 Å². The van der Waals surface area contributed by atoms with Crippen molar-refractivity contribution in [1.82, 2.24) is 5.32 Å². The van der Waals surface area contributed by atoms with Crippen molar-refractivity contribution < 1.29 is 33.4 Å². The maximum atomic E-state index is 12.6. The molecular formula is C31H36N2O7. The van der Waals surface area contributed by atoms with E-state index in [0.717, 1.165) is 16.7 Å². The maximum Gasteiger partial charge on any atom is 0.408 e. The van der Waals surface area contributed by atoms with Crippen molar-refractivity contribution in [2.45, 2.75) is 67.0 Å². The number of nitrogens with zero attached hydrogens (tertiary/aromatic N) is 1. The van der Waals surface area contributed by atoms with Crippen LogP contribution in [0.2, 0.25) is 0 Å². The van der Waals surface area contributed by atoms with Crippen LogP contribution in [0.3, 0.4) is 0 Å². The Kier molecular flexibility index (Phi) is 9.63. The SMILES string of the molecule is CC(C)(C)C(=O)Oc1ccc(CC2=CN=C(OC(=O)C(=O)C(C)(C)C)C(NC(=O)OCc3ccccc3)C2)cc1. The zero-order chi connectivity index (χ0) is 29.5. The first-order valence-corrected chi connectivity index (χ1v) is 13.0. The number of alkyl carbamates (subject to hydrolysis) is 1. The molecule has 0 aliphatic carbocycles. The fourth-order valence-electron chi connectivity index (χ4n) is 3.53. The highest BCUT2D eigenvalue weighted by Crippen LogP contribution is 2.24. The molecule has 0 saturated carbocycles. The fraction of sp³-hybridized carbons (Fsp3) is 0.387. The van der Waals surface area contributed by atoms with Crippen molar-refractivity contribution >= 4 is 29.7 Å². The lowest BCUT2D eigenvalue weighted by Crippen LogP contribution is -2.45. The van der Waals surface area contributed by atoms with Crippen LogP contribution in [0.4, 0.5) is 4.79 Å². The molecule has 1 heterocycles. The third kappa shape index (κ3) is 8.90. The Morgan fingerprint density at radius 2 is 1.50 bits per heavy atom. The molecule has 0 radical (unpaired) electrons. The highest BCUT2D eigenvalue weighted by molar-refractivity contribution is 6.37. The monoisotopic (exact) mass is 548 g/mol. The van der Waals surface area contributed by atoms with Crippen molar-refractivity contribution in [3.05, 3.63) is 77.5 Å². The summed E-state index contributed by atoms with van der Waals surface area (Å²) in [6.07, 6.45) is 1.60. The van der Waals surface area contributed by atoms with Gasteiger partial charge >= 0.3 is 18.0 Å². The van der Waals surface area contributed by atoms with E-state index in [-0.39, 0.29) is 24.9 Å². The lowest BCUT2D eigenvalue weighted by atomic mass is 9.91. The smallest absolute Gasteiger partial charge is 0.408 e. The van der Waals surface area contributed by atoms with Gasteiger partial charge in [-0.25, -0.2) is 14.6 Å². The van der Waals surface area contributed by atoms with Crippen molar-refractivity contribution in [3.63, 3.8) is 0 Å². The molecule has 1 aliphatic rings. The normalized spacial score (nSPS) is 15.3. The van der Waals surface area contributed by atoms with Gasteiger partial charge in [0.25, 0.3) is 0 Å². The molecule has 1 atom stereocenters. The Labute approximate surface area is 234 Å². The van der Waals surface area contributed by atoms with Gasteiger partial charge < -0.3 is 19.5 Å². The minimum absolute atomic E-state index is 0.0585. The summed E-state index contributed by atoms with van der Waals surface area (Å²) in [5.41, 5.74) is 1.03. The van der Waals surface area contributed by atoms with Gasteiger partial charge in [-0.2, -0.15) is 0 Å². The van der Waals surface area contributed by atoms with Crippen LogP contribution >= 0.6 is 0 Å². The zero-order valence-electron chi connectivity index (χ0n) is 23.8. The molecule has 9 heteroatoms. The van der Waals surface area contributed by atoms with E-state index in [0.29, 0.717) is 12.2 Å². The molecule has 1 N–H and O–H groups in total. The van der Waals surface area contributed by atoms with E-state index in [4.69, 9.17) is 14.2 Å². The minimum Gasteiger partial charge on any atom is -0.445 e. The average molecular weight is 549 g/mol. The van der Waals surface area contributed by atoms with Gasteiger partial charge in [0.05, 0.1) is 5.41 Å². The predicted molar refractivity (Wildman–Crippen MR) is 149 cm³/mol. The van der Waals surface area contributed by atoms with Gasteiger partial charge in [0, 0.05) is 11.6 Å². The maximum absolute atomic E-state index is 12.6. The Bertz CT molecular complexity index is 1300. The Hall–Kier alpha value is -4.27. The number of carbonyl (C=O) groups excluding carboxylic acids is 4. The largest absolute Gasteiger partial charge is 0.445 e. The number of rotatable bonds is 7. The molecular weight excluding hydrogens is 512 g/mol. The lowest BCUT2D eigenvalue weighted by molar-refractivity contribution is -0.152. The summed E-state index contributed by atoms with van der Waals surface area (Å²) in [6.45, 7) is 10.3. The first kappa shape index (κ1) is 30.3. The summed E-state index contributed by atoms with van der Waals surface area (Å²) in [6, 6.07) is 15.5. The second-order valence-corrected chi connectivity index (χ2v) is 11.6. The number of amides is 1. The Balaban J connectivity index is 1.71. The van der Waals surface area contributed by atoms with Gasteiger partial charge in [-0.1, -0.05) is 63.2 Å². The molecule has 0 saturated heterocycles. The summed E-state index contributed by atoms with van der Waals surface area (Å²) >= 11 is 0. The number of benzene rings is 2. The quantitative estimate of drug-likeness (QED) is 0.282. The van der Waals surface area contributed by atoms with Gasteiger partial charge in [-0.3, -0.25) is 9.59 Å². The van der Waals surface area contributed by atoms with Gasteiger partial charge in [-0.05, 0) is 62.4 Å². The number of hydrogen-bond donors (Lipinski definition) is 1. The summed E-state index contributed by atoms with van der Waals surface area (Å²) in [7, 11) is 0. The molecule has 0 spiro atoms. The average Bonchev–Trinajstić information content (AvgIpc) is 2.89. The Morgan fingerprint density at radius 1 is 0.850 bits per heavy atom. The standard InChI is InChI=1S/C31H36N2O7/c1-30(2,3)25(34)27(35)40-26-24(33-29(37)38-19-21-10-8-7-9-11-21)17-22(18-32-26)16-20-12-14-23(15-13-20)39-28(36)31(4,5)6/h7-15,18,24H,16-17,19H2,1-6H3,(H,33,37). The van der Waals surface area contributed by atoms with Crippen LogP contribution in [-0.4, -0.2) is 35.8 Å². The van der Waals surface area contributed by atoms with Crippen molar-refractivity contribution in [2.24, 2.45) is 15.8 Å². The number of carbonyl (C=O) groups is 4. The number of hydrogen-bond acceptors (Lipinski definition) is 8. The number of esters is 2. The van der Waals surface area contributed by atoms with E-state index in [1.54, 1.807) is 59.9 Å². The van der Waals surface area contributed by atoms with Crippen LogP contribution in [0.25, 0.3) is 0 Å². The van der Waals surface area contributed by atoms with E-state index < -0.39 is 34.7 Å². The topological polar surface area (TPSA) is 120 Å². The van der Waals surface area contributed by atoms with E-state index >= 15 is 0 Å². The van der Waals surface area contributed by atoms with Gasteiger partial charge in [-0.15, -0.1) is 0 Å². The zero-order valence-corrected chi connectivity index (χ0v) is 23.8. The molecule has 0 bridgehead atoms. The molecule has 40 heavy (non-hydrogen) atoms. The van der Waals surface area contributed by atoms with Crippen LogP contribution in [0, 0.1) is 10.8 Å². The van der Waals surface area contributed by atoms with Crippen LogP contribution in [0.15, 0.2) is 71.4 Å². The van der Waals surface area contributed by atoms with Gasteiger partial charge in [0.1, 0.15) is 18.4 Å². The molecule has 3 rings (SSSR count). The third-order valence-corrected chi connectivity index (χ3v) is 5.88. The number of aliphatic imine (C=N–C) groups is 1. The van der Waals surface area contributed by atoms with E-state index in [2.05, 4.69) is 10.3 Å². The first-order chi connectivity index (χ1) is 18.7. The number of ether oxygens (including phenoxy) is 3. The predicted octanol–water partition coefficient (Wildman–Crippen LogP) is 5.32. The van der Waals surface area contributed by atoms with Crippen molar-refractivity contribution in [3.8, 4) is 5.75 Å².